The van der Waals surface area contributed by atoms with Crippen molar-refractivity contribution in [3.05, 3.63) is 71.4 Å². The van der Waals surface area contributed by atoms with Crippen molar-refractivity contribution >= 4 is 28.7 Å². The standard InChI is InChI=1S/C35H48N2O5/c1-7-29(38)24-42-20-8-9-27-10-12-28(13-11-27)35(40)32-22-37(33-21-30(41-6)14-15-31(32)33)23-34(39)36(18-16-25(2)3)19-17-26(4)5/h8-15,21-22,25-26,29,38H,7,16-20,23-24H2,1-6H3/b9-8+. The minimum atomic E-state index is -0.442. The molecule has 1 aromatic heterocycles. The van der Waals surface area contributed by atoms with Crippen LogP contribution >= 0.6 is 0 Å². The molecule has 42 heavy (non-hydrogen) atoms. The van der Waals surface area contributed by atoms with Crippen LogP contribution < -0.4 is 4.74 Å². The predicted molar refractivity (Wildman–Crippen MR) is 170 cm³/mol. The Morgan fingerprint density at radius 3 is 2.26 bits per heavy atom. The number of methoxy groups -OCH3 is 1. The molecule has 228 valence electrons. The number of aliphatic hydroxyl groups is 1. The third kappa shape index (κ3) is 9.57. The first-order valence-electron chi connectivity index (χ1n) is 15.1. The van der Waals surface area contributed by atoms with Crippen molar-refractivity contribution in [2.75, 3.05) is 33.4 Å². The number of carbonyl (C=O) groups is 2. The number of fused-ring (bicyclic) bond motifs is 1. The van der Waals surface area contributed by atoms with E-state index in [0.29, 0.717) is 48.3 Å². The van der Waals surface area contributed by atoms with Gasteiger partial charge in [0.1, 0.15) is 12.3 Å². The van der Waals surface area contributed by atoms with E-state index >= 15 is 0 Å². The Bertz CT molecular complexity index is 1310. The van der Waals surface area contributed by atoms with Gasteiger partial charge in [-0.3, -0.25) is 9.59 Å². The molecular formula is C35H48N2O5. The number of aromatic nitrogens is 1. The van der Waals surface area contributed by atoms with Crippen molar-refractivity contribution in [2.24, 2.45) is 11.8 Å². The number of amides is 1. The molecule has 0 radical (unpaired) electrons. The SMILES string of the molecule is CCC(O)COC/C=C/c1ccc(C(=O)c2cn(CC(=O)N(CCC(C)C)CCC(C)C)c3cc(OC)ccc23)cc1. The van der Waals surface area contributed by atoms with E-state index in [4.69, 9.17) is 9.47 Å². The molecule has 1 N–H and O–H groups in total. The predicted octanol–water partition coefficient (Wildman–Crippen LogP) is 6.60. The third-order valence-electron chi connectivity index (χ3n) is 7.42. The van der Waals surface area contributed by atoms with E-state index in [1.807, 2.05) is 77.2 Å². The summed E-state index contributed by atoms with van der Waals surface area (Å²) in [5.74, 6) is 1.65. The van der Waals surface area contributed by atoms with Crippen LogP contribution in [0.15, 0.2) is 54.7 Å². The molecule has 0 saturated carbocycles. The molecular weight excluding hydrogens is 528 g/mol. The van der Waals surface area contributed by atoms with Crippen LogP contribution in [0.4, 0.5) is 0 Å². The zero-order chi connectivity index (χ0) is 30.6. The Kier molecular flexibility index (Phi) is 12.8. The van der Waals surface area contributed by atoms with Crippen LogP contribution in [0.25, 0.3) is 17.0 Å². The maximum Gasteiger partial charge on any atom is 0.242 e. The van der Waals surface area contributed by atoms with Gasteiger partial charge in [0.25, 0.3) is 0 Å². The monoisotopic (exact) mass is 576 g/mol. The largest absolute Gasteiger partial charge is 0.497 e. The van der Waals surface area contributed by atoms with E-state index in [-0.39, 0.29) is 18.2 Å². The number of carbonyl (C=O) groups excluding carboxylic acids is 2. The molecule has 0 aliphatic rings. The van der Waals surface area contributed by atoms with Crippen LogP contribution in [-0.2, 0) is 16.1 Å². The zero-order valence-corrected chi connectivity index (χ0v) is 26.1. The summed E-state index contributed by atoms with van der Waals surface area (Å²) >= 11 is 0. The van der Waals surface area contributed by atoms with Crippen molar-refractivity contribution < 1.29 is 24.2 Å². The molecule has 0 aliphatic heterocycles. The van der Waals surface area contributed by atoms with Gasteiger partial charge in [-0.15, -0.1) is 0 Å². The number of hydrogen-bond donors (Lipinski definition) is 1. The fraction of sp³-hybridized carbons (Fsp3) is 0.486. The van der Waals surface area contributed by atoms with Gasteiger partial charge in [-0.1, -0.05) is 71.0 Å². The van der Waals surface area contributed by atoms with Crippen LogP contribution in [0.2, 0.25) is 0 Å². The van der Waals surface area contributed by atoms with Gasteiger partial charge in [0.2, 0.25) is 5.91 Å². The minimum Gasteiger partial charge on any atom is -0.497 e. The molecule has 7 heteroatoms. The highest BCUT2D eigenvalue weighted by molar-refractivity contribution is 6.16. The summed E-state index contributed by atoms with van der Waals surface area (Å²) in [5, 5.41) is 10.4. The number of benzene rings is 2. The molecule has 1 heterocycles. The van der Waals surface area contributed by atoms with Gasteiger partial charge in [0, 0.05) is 41.9 Å². The molecule has 3 aromatic rings. The van der Waals surface area contributed by atoms with Crippen molar-refractivity contribution in [1.82, 2.24) is 9.47 Å². The Balaban J connectivity index is 1.82. The molecule has 1 amide bonds. The number of nitrogens with zero attached hydrogens (tertiary/aromatic N) is 2. The van der Waals surface area contributed by atoms with Crippen molar-refractivity contribution in [1.29, 1.82) is 0 Å². The smallest absolute Gasteiger partial charge is 0.242 e. The summed E-state index contributed by atoms with van der Waals surface area (Å²) in [6, 6.07) is 13.1. The molecule has 0 saturated heterocycles. The average Bonchev–Trinajstić information content (AvgIpc) is 3.33. The van der Waals surface area contributed by atoms with Gasteiger partial charge in [-0.25, -0.2) is 0 Å². The Labute approximate surface area is 251 Å². The van der Waals surface area contributed by atoms with Crippen molar-refractivity contribution in [3.63, 3.8) is 0 Å². The number of aliphatic hydroxyl groups excluding tert-OH is 1. The molecule has 0 aliphatic carbocycles. The molecule has 0 bridgehead atoms. The van der Waals surface area contributed by atoms with Crippen LogP contribution in [0.1, 0.15) is 75.4 Å². The van der Waals surface area contributed by atoms with E-state index in [9.17, 15) is 14.7 Å². The zero-order valence-electron chi connectivity index (χ0n) is 26.1. The number of rotatable bonds is 17. The summed E-state index contributed by atoms with van der Waals surface area (Å²) in [6.07, 6.45) is 7.76. The summed E-state index contributed by atoms with van der Waals surface area (Å²) in [5.41, 5.74) is 2.88. The van der Waals surface area contributed by atoms with Crippen LogP contribution in [0.5, 0.6) is 5.75 Å². The second-order valence-corrected chi connectivity index (χ2v) is 11.8. The lowest BCUT2D eigenvalue weighted by atomic mass is 10.0. The molecule has 7 nitrogen and oxygen atoms in total. The Morgan fingerprint density at radius 1 is 1.00 bits per heavy atom. The summed E-state index contributed by atoms with van der Waals surface area (Å²) in [7, 11) is 1.61. The normalized spacial score (nSPS) is 12.5. The highest BCUT2D eigenvalue weighted by Gasteiger charge is 2.21. The summed E-state index contributed by atoms with van der Waals surface area (Å²) < 4.78 is 12.8. The molecule has 3 rings (SSSR count). The van der Waals surface area contributed by atoms with E-state index in [2.05, 4.69) is 27.7 Å². The van der Waals surface area contributed by atoms with E-state index in [1.165, 1.54) is 0 Å². The lowest BCUT2D eigenvalue weighted by Crippen LogP contribution is -2.36. The topological polar surface area (TPSA) is 81.0 Å². The lowest BCUT2D eigenvalue weighted by Gasteiger charge is -2.25. The van der Waals surface area contributed by atoms with E-state index < -0.39 is 6.10 Å². The van der Waals surface area contributed by atoms with Crippen LogP contribution in [-0.4, -0.2) is 65.8 Å². The van der Waals surface area contributed by atoms with Gasteiger partial charge in [0.05, 0.1) is 31.9 Å². The lowest BCUT2D eigenvalue weighted by molar-refractivity contribution is -0.132. The number of hydrogen-bond acceptors (Lipinski definition) is 5. The van der Waals surface area contributed by atoms with Gasteiger partial charge >= 0.3 is 0 Å². The fourth-order valence-electron chi connectivity index (χ4n) is 4.62. The number of ether oxygens (including phenoxy) is 2. The molecule has 1 unspecified atom stereocenters. The van der Waals surface area contributed by atoms with Crippen molar-refractivity contribution in [3.8, 4) is 5.75 Å². The Hall–Kier alpha value is -3.42. The van der Waals surface area contributed by atoms with E-state index in [1.54, 1.807) is 7.11 Å². The second kappa shape index (κ2) is 16.3. The van der Waals surface area contributed by atoms with Crippen LogP contribution in [0, 0.1) is 11.8 Å². The fourth-order valence-corrected chi connectivity index (χ4v) is 4.62. The van der Waals surface area contributed by atoms with Gasteiger partial charge in [-0.2, -0.15) is 0 Å². The summed E-state index contributed by atoms with van der Waals surface area (Å²) in [4.78, 5) is 29.2. The van der Waals surface area contributed by atoms with E-state index in [0.717, 1.165) is 42.4 Å². The highest BCUT2D eigenvalue weighted by atomic mass is 16.5. The molecule has 0 fully saturated rings. The third-order valence-corrected chi connectivity index (χ3v) is 7.42. The Morgan fingerprint density at radius 2 is 1.67 bits per heavy atom. The first-order chi connectivity index (χ1) is 20.1. The van der Waals surface area contributed by atoms with Crippen LogP contribution in [0.3, 0.4) is 0 Å². The second-order valence-electron chi connectivity index (χ2n) is 11.8. The van der Waals surface area contributed by atoms with Gasteiger partial charge in [-0.05, 0) is 48.8 Å². The minimum absolute atomic E-state index is 0.0549. The quantitative estimate of drug-likeness (QED) is 0.145. The van der Waals surface area contributed by atoms with Gasteiger partial charge < -0.3 is 24.0 Å². The molecule has 1 atom stereocenters. The first kappa shape index (κ1) is 33.1. The number of ketones is 1. The average molecular weight is 577 g/mol. The maximum atomic E-state index is 13.7. The molecule has 2 aromatic carbocycles. The first-order valence-corrected chi connectivity index (χ1v) is 15.1. The maximum absolute atomic E-state index is 13.7. The summed E-state index contributed by atoms with van der Waals surface area (Å²) in [6.45, 7) is 12.9. The van der Waals surface area contributed by atoms with Crippen molar-refractivity contribution in [2.45, 2.75) is 66.5 Å². The highest BCUT2D eigenvalue weighted by Crippen LogP contribution is 2.28. The molecule has 0 spiro atoms. The van der Waals surface area contributed by atoms with Gasteiger partial charge in [0.15, 0.2) is 5.78 Å².